The van der Waals surface area contributed by atoms with Crippen LogP contribution in [-0.2, 0) is 6.67 Å². The highest BCUT2D eigenvalue weighted by atomic mass is 35.5. The van der Waals surface area contributed by atoms with Gasteiger partial charge in [0.05, 0.1) is 22.8 Å². The van der Waals surface area contributed by atoms with Crippen LogP contribution in [0, 0.1) is 10.8 Å². The molecule has 2 bridgehead atoms. The Morgan fingerprint density at radius 2 is 1.91 bits per heavy atom. The van der Waals surface area contributed by atoms with Gasteiger partial charge in [-0.3, -0.25) is 14.3 Å². The Balaban J connectivity index is 1.47. The zero-order valence-corrected chi connectivity index (χ0v) is 21.1. The fraction of sp³-hybridized carbons (Fsp3) is 0.423. The molecule has 1 amide bonds. The number of rotatable bonds is 4. The summed E-state index contributed by atoms with van der Waals surface area (Å²) in [6, 6.07) is 12.7. The zero-order valence-electron chi connectivity index (χ0n) is 19.6. The van der Waals surface area contributed by atoms with Crippen LogP contribution in [0.2, 0.25) is 10.0 Å². The minimum atomic E-state index is -0.596. The maximum Gasteiger partial charge on any atom is 0.296 e. The summed E-state index contributed by atoms with van der Waals surface area (Å²) in [5.41, 5.74) is 1.95. The summed E-state index contributed by atoms with van der Waals surface area (Å²) in [6.07, 6.45) is 3.53. The number of para-hydroxylation sites is 1. The van der Waals surface area contributed by atoms with Crippen LogP contribution in [0.4, 0.5) is 5.69 Å². The maximum atomic E-state index is 12.6. The van der Waals surface area contributed by atoms with Crippen molar-refractivity contribution in [2.45, 2.75) is 52.7 Å². The van der Waals surface area contributed by atoms with Crippen LogP contribution in [0.15, 0.2) is 52.7 Å². The molecule has 3 aromatic rings. The average molecular weight is 499 g/mol. The van der Waals surface area contributed by atoms with Gasteiger partial charge < -0.3 is 5.11 Å². The van der Waals surface area contributed by atoms with E-state index in [0.717, 1.165) is 23.9 Å². The van der Waals surface area contributed by atoms with Crippen molar-refractivity contribution in [2.75, 3.05) is 6.54 Å². The Morgan fingerprint density at radius 3 is 2.68 bits per heavy atom. The van der Waals surface area contributed by atoms with E-state index < -0.39 is 5.91 Å². The molecule has 8 heteroatoms. The number of aromatic hydroxyl groups is 1. The summed E-state index contributed by atoms with van der Waals surface area (Å²) < 4.78 is 1.88. The molecule has 1 aliphatic carbocycles. The van der Waals surface area contributed by atoms with Gasteiger partial charge in [-0.1, -0.05) is 62.2 Å². The van der Waals surface area contributed by atoms with Gasteiger partial charge in [0, 0.05) is 23.0 Å². The smallest absolute Gasteiger partial charge is 0.296 e. The quantitative estimate of drug-likeness (QED) is 0.380. The van der Waals surface area contributed by atoms with E-state index in [2.05, 4.69) is 35.9 Å². The lowest BCUT2D eigenvalue weighted by molar-refractivity contribution is 0.0995. The van der Waals surface area contributed by atoms with Gasteiger partial charge in [-0.05, 0) is 54.4 Å². The van der Waals surface area contributed by atoms with Crippen LogP contribution in [0.25, 0.3) is 10.9 Å². The highest BCUT2D eigenvalue weighted by Gasteiger charge is 2.49. The van der Waals surface area contributed by atoms with Gasteiger partial charge in [-0.15, -0.1) is 10.2 Å². The van der Waals surface area contributed by atoms with E-state index in [1.807, 2.05) is 28.8 Å². The largest absolute Gasteiger partial charge is 0.493 e. The van der Waals surface area contributed by atoms with Crippen molar-refractivity contribution in [3.63, 3.8) is 0 Å². The van der Waals surface area contributed by atoms with E-state index in [1.165, 1.54) is 25.0 Å². The van der Waals surface area contributed by atoms with Crippen molar-refractivity contribution in [3.8, 4) is 5.88 Å². The monoisotopic (exact) mass is 498 g/mol. The fourth-order valence-electron chi connectivity index (χ4n) is 6.25. The lowest BCUT2D eigenvalue weighted by Gasteiger charge is -2.40. The molecule has 2 heterocycles. The Kier molecular flexibility index (Phi) is 5.74. The molecular formula is C26H28Cl2N4O2. The number of carbonyl (C=O) groups is 1. The summed E-state index contributed by atoms with van der Waals surface area (Å²) >= 11 is 12.1. The zero-order chi connectivity index (χ0) is 24.3. The number of carbonyl (C=O) groups excluding carboxylic acids is 1. The molecular weight excluding hydrogens is 471 g/mol. The Morgan fingerprint density at radius 1 is 1.15 bits per heavy atom. The molecule has 1 saturated heterocycles. The van der Waals surface area contributed by atoms with Gasteiger partial charge in [0.25, 0.3) is 5.91 Å². The lowest BCUT2D eigenvalue weighted by Crippen LogP contribution is -2.35. The SMILES string of the molecule is CC1(C)C[C@@H]2C[C@@](C)(CN2Cn2c(O)c(N=NC(=O)c3ccc(Cl)cc3Cl)c3ccccc32)C1. The minimum absolute atomic E-state index is 0.00538. The third kappa shape index (κ3) is 4.23. The molecule has 0 radical (unpaired) electrons. The van der Waals surface area contributed by atoms with E-state index in [9.17, 15) is 9.90 Å². The topological polar surface area (TPSA) is 70.2 Å². The van der Waals surface area contributed by atoms with Crippen LogP contribution in [-0.4, -0.2) is 33.1 Å². The maximum absolute atomic E-state index is 12.6. The van der Waals surface area contributed by atoms with Crippen molar-refractivity contribution in [3.05, 3.63) is 58.1 Å². The second kappa shape index (κ2) is 8.36. The number of nitrogens with zero attached hydrogens (tertiary/aromatic N) is 4. The number of azo groups is 1. The first-order chi connectivity index (χ1) is 16.1. The van der Waals surface area contributed by atoms with Crippen molar-refractivity contribution in [1.82, 2.24) is 9.47 Å². The van der Waals surface area contributed by atoms with E-state index >= 15 is 0 Å². The number of benzene rings is 2. The highest BCUT2D eigenvalue weighted by Crippen LogP contribution is 2.53. The van der Waals surface area contributed by atoms with Gasteiger partial charge in [0.15, 0.2) is 5.69 Å². The Labute approximate surface area is 209 Å². The predicted octanol–water partition coefficient (Wildman–Crippen LogP) is 7.44. The van der Waals surface area contributed by atoms with Gasteiger partial charge in [0.2, 0.25) is 5.88 Å². The van der Waals surface area contributed by atoms with Gasteiger partial charge in [-0.2, -0.15) is 0 Å². The van der Waals surface area contributed by atoms with E-state index in [1.54, 1.807) is 6.07 Å². The number of aromatic nitrogens is 1. The molecule has 5 rings (SSSR count). The average Bonchev–Trinajstić information content (AvgIpc) is 3.15. The number of halogens is 2. The van der Waals surface area contributed by atoms with Crippen molar-refractivity contribution in [1.29, 1.82) is 0 Å². The molecule has 34 heavy (non-hydrogen) atoms. The van der Waals surface area contributed by atoms with Crippen molar-refractivity contribution < 1.29 is 9.90 Å². The van der Waals surface area contributed by atoms with Crippen LogP contribution < -0.4 is 0 Å². The van der Waals surface area contributed by atoms with Crippen LogP contribution in [0.1, 0.15) is 50.4 Å². The van der Waals surface area contributed by atoms with Crippen molar-refractivity contribution >= 4 is 45.7 Å². The first kappa shape index (κ1) is 23.3. The predicted molar refractivity (Wildman–Crippen MR) is 135 cm³/mol. The number of hydrogen-bond donors (Lipinski definition) is 1. The highest BCUT2D eigenvalue weighted by molar-refractivity contribution is 6.36. The molecule has 1 aliphatic heterocycles. The third-order valence-electron chi connectivity index (χ3n) is 7.17. The van der Waals surface area contributed by atoms with Crippen LogP contribution >= 0.6 is 23.2 Å². The second-order valence-corrected chi connectivity index (χ2v) is 11.7. The summed E-state index contributed by atoms with van der Waals surface area (Å²) in [5.74, 6) is -0.591. The van der Waals surface area contributed by atoms with Crippen molar-refractivity contribution in [2.24, 2.45) is 21.1 Å². The molecule has 0 spiro atoms. The summed E-state index contributed by atoms with van der Waals surface area (Å²) in [6.45, 7) is 8.64. The first-order valence-corrected chi connectivity index (χ1v) is 12.3. The van der Waals surface area contributed by atoms with Crippen LogP contribution in [0.5, 0.6) is 5.88 Å². The second-order valence-electron chi connectivity index (χ2n) is 10.8. The number of hydrogen-bond acceptors (Lipinski definition) is 4. The number of likely N-dealkylation sites (tertiary alicyclic amines) is 1. The molecule has 1 saturated carbocycles. The van der Waals surface area contributed by atoms with Crippen LogP contribution in [0.3, 0.4) is 0 Å². The minimum Gasteiger partial charge on any atom is -0.493 e. The number of amides is 1. The van der Waals surface area contributed by atoms with E-state index in [4.69, 9.17) is 23.2 Å². The molecule has 2 aromatic carbocycles. The first-order valence-electron chi connectivity index (χ1n) is 11.5. The molecule has 6 nitrogen and oxygen atoms in total. The lowest BCUT2D eigenvalue weighted by atomic mass is 9.65. The molecule has 1 aromatic heterocycles. The molecule has 2 fully saturated rings. The molecule has 178 valence electrons. The summed E-state index contributed by atoms with van der Waals surface area (Å²) in [5, 5.41) is 20.6. The Hall–Kier alpha value is -2.41. The van der Waals surface area contributed by atoms with Gasteiger partial charge in [0.1, 0.15) is 0 Å². The molecule has 2 atom stereocenters. The number of fused-ring (bicyclic) bond motifs is 3. The standard InChI is InChI=1S/C26H28Cl2N4O2/c1-25(2)11-17-12-26(3,13-25)14-31(17)15-32-21-7-5-4-6-19(21)22(24(32)34)29-30-23(33)18-9-8-16(27)10-20(18)28/h4-10,17,34H,11-15H2,1-3H3/t17-,26-/m1/s1. The summed E-state index contributed by atoms with van der Waals surface area (Å²) in [7, 11) is 0. The third-order valence-corrected chi connectivity index (χ3v) is 7.71. The summed E-state index contributed by atoms with van der Waals surface area (Å²) in [4.78, 5) is 15.1. The molecule has 2 aliphatic rings. The fourth-order valence-corrected chi connectivity index (χ4v) is 6.74. The Bertz CT molecular complexity index is 1320. The van der Waals surface area contributed by atoms with Gasteiger partial charge in [-0.25, -0.2) is 0 Å². The normalized spacial score (nSPS) is 24.3. The molecule has 0 unspecified atom stereocenters. The molecule has 1 N–H and O–H groups in total. The van der Waals surface area contributed by atoms with Gasteiger partial charge >= 0.3 is 0 Å². The van der Waals surface area contributed by atoms with E-state index in [-0.39, 0.29) is 27.6 Å². The van der Waals surface area contributed by atoms with E-state index in [0.29, 0.717) is 23.1 Å².